The van der Waals surface area contributed by atoms with Gasteiger partial charge < -0.3 is 24.4 Å². The van der Waals surface area contributed by atoms with Crippen molar-refractivity contribution in [3.8, 4) is 0 Å². The van der Waals surface area contributed by atoms with Crippen LogP contribution in [0.4, 0.5) is 16.2 Å². The summed E-state index contributed by atoms with van der Waals surface area (Å²) in [6, 6.07) is 23.1. The van der Waals surface area contributed by atoms with Crippen molar-refractivity contribution in [2.24, 2.45) is 5.92 Å². The van der Waals surface area contributed by atoms with Crippen LogP contribution in [0.25, 0.3) is 0 Å². The van der Waals surface area contributed by atoms with Crippen molar-refractivity contribution in [1.82, 2.24) is 4.90 Å². The second-order valence-electron chi connectivity index (χ2n) is 12.0. The fourth-order valence-electron chi connectivity index (χ4n) is 7.25. The molecule has 222 valence electrons. The Balaban J connectivity index is 1.10. The second-order valence-corrected chi connectivity index (χ2v) is 12.0. The number of aliphatic hydroxyl groups excluding tert-OH is 1. The Labute approximate surface area is 250 Å². The van der Waals surface area contributed by atoms with E-state index >= 15 is 0 Å². The van der Waals surface area contributed by atoms with Crippen LogP contribution in [0.3, 0.4) is 0 Å². The van der Waals surface area contributed by atoms with E-state index in [0.29, 0.717) is 39.1 Å². The maximum Gasteiger partial charge on any atom is 0.414 e. The first-order chi connectivity index (χ1) is 20.9. The topological polar surface area (TPSA) is 99.6 Å². The van der Waals surface area contributed by atoms with E-state index < -0.39 is 11.7 Å². The number of hydrogen-bond acceptors (Lipinski definition) is 6. The van der Waals surface area contributed by atoms with Crippen LogP contribution < -0.4 is 9.80 Å². The number of carbonyl (C=O) groups is 3. The number of rotatable bonds is 6. The van der Waals surface area contributed by atoms with Crippen molar-refractivity contribution in [3.05, 3.63) is 95.1 Å². The molecular formula is C34H35N3O6. The second kappa shape index (κ2) is 10.8. The molecule has 4 heterocycles. The molecule has 3 aromatic carbocycles. The normalized spacial score (nSPS) is 26.2. The Morgan fingerprint density at radius 3 is 2.49 bits per heavy atom. The standard InChI is InChI=1S/C34H35N3O6/c1-22-16-28(18-31(39)36-20-25-7-3-2-6-24(25)17-27(36)21-38)43-34(22)29-8-4-5-9-30(29)37(32(34)40)19-23-10-12-26(13-11-23)35-14-15-42-33(35)41/h2-13,22,27-28,38H,14-21H2,1H3/t22-,27+,28-,34+/m1/s1. The van der Waals surface area contributed by atoms with Gasteiger partial charge in [-0.2, -0.15) is 0 Å². The van der Waals surface area contributed by atoms with Gasteiger partial charge >= 0.3 is 6.09 Å². The average molecular weight is 582 g/mol. The smallest absolute Gasteiger partial charge is 0.414 e. The highest BCUT2D eigenvalue weighted by Gasteiger charge is 2.60. The van der Waals surface area contributed by atoms with Crippen molar-refractivity contribution in [1.29, 1.82) is 0 Å². The lowest BCUT2D eigenvalue weighted by atomic mass is 9.83. The van der Waals surface area contributed by atoms with Gasteiger partial charge in [0.05, 0.1) is 44.0 Å². The lowest BCUT2D eigenvalue weighted by Crippen LogP contribution is -2.47. The predicted molar refractivity (Wildman–Crippen MR) is 159 cm³/mol. The maximum atomic E-state index is 14.3. The lowest BCUT2D eigenvalue weighted by molar-refractivity contribution is -0.151. The molecule has 0 bridgehead atoms. The van der Waals surface area contributed by atoms with Gasteiger partial charge in [0.2, 0.25) is 5.91 Å². The number of carbonyl (C=O) groups excluding carboxylic acids is 3. The summed E-state index contributed by atoms with van der Waals surface area (Å²) in [6.07, 6.45) is 0.578. The van der Waals surface area contributed by atoms with E-state index in [2.05, 4.69) is 6.07 Å². The number of fused-ring (bicyclic) bond motifs is 3. The number of anilines is 2. The first-order valence-corrected chi connectivity index (χ1v) is 15.0. The van der Waals surface area contributed by atoms with Gasteiger partial charge in [0.1, 0.15) is 6.61 Å². The molecule has 0 aliphatic carbocycles. The summed E-state index contributed by atoms with van der Waals surface area (Å²) in [5.41, 5.74) is 4.43. The summed E-state index contributed by atoms with van der Waals surface area (Å²) in [5, 5.41) is 10.1. The minimum Gasteiger partial charge on any atom is -0.447 e. The quantitative estimate of drug-likeness (QED) is 0.470. The molecule has 0 aromatic heterocycles. The van der Waals surface area contributed by atoms with E-state index in [-0.39, 0.29) is 42.9 Å². The third-order valence-corrected chi connectivity index (χ3v) is 9.46. The highest BCUT2D eigenvalue weighted by molar-refractivity contribution is 6.07. The molecule has 1 spiro atoms. The Morgan fingerprint density at radius 1 is 1.00 bits per heavy atom. The van der Waals surface area contributed by atoms with Crippen molar-refractivity contribution in [3.63, 3.8) is 0 Å². The number of cyclic esters (lactones) is 1. The van der Waals surface area contributed by atoms with E-state index in [1.54, 1.807) is 14.7 Å². The van der Waals surface area contributed by atoms with E-state index in [1.165, 1.54) is 0 Å². The predicted octanol–water partition coefficient (Wildman–Crippen LogP) is 4.15. The summed E-state index contributed by atoms with van der Waals surface area (Å²) >= 11 is 0. The van der Waals surface area contributed by atoms with Crippen LogP contribution in [-0.2, 0) is 44.2 Å². The van der Waals surface area contributed by atoms with Crippen molar-refractivity contribution in [2.45, 2.75) is 57.0 Å². The van der Waals surface area contributed by atoms with Gasteiger partial charge in [0, 0.05) is 23.7 Å². The van der Waals surface area contributed by atoms with Crippen LogP contribution in [0.2, 0.25) is 0 Å². The summed E-state index contributed by atoms with van der Waals surface area (Å²) in [7, 11) is 0. The molecule has 4 aliphatic rings. The lowest BCUT2D eigenvalue weighted by Gasteiger charge is -2.36. The molecule has 2 fully saturated rings. The molecular weight excluding hydrogens is 546 g/mol. The molecule has 0 unspecified atom stereocenters. The Kier molecular flexibility index (Phi) is 6.94. The summed E-state index contributed by atoms with van der Waals surface area (Å²) in [4.78, 5) is 45.0. The molecule has 3 amide bonds. The highest BCUT2D eigenvalue weighted by atomic mass is 16.6. The van der Waals surface area contributed by atoms with Gasteiger partial charge in [-0.3, -0.25) is 14.5 Å². The molecule has 7 rings (SSSR count). The first-order valence-electron chi connectivity index (χ1n) is 15.0. The van der Waals surface area contributed by atoms with E-state index in [4.69, 9.17) is 9.47 Å². The largest absolute Gasteiger partial charge is 0.447 e. The average Bonchev–Trinajstić information content (AvgIpc) is 3.67. The van der Waals surface area contributed by atoms with Gasteiger partial charge in [-0.1, -0.05) is 61.5 Å². The fourth-order valence-corrected chi connectivity index (χ4v) is 7.25. The van der Waals surface area contributed by atoms with Crippen molar-refractivity contribution in [2.75, 3.05) is 29.6 Å². The molecule has 4 atom stereocenters. The molecule has 0 saturated carbocycles. The van der Waals surface area contributed by atoms with Crippen molar-refractivity contribution < 1.29 is 29.0 Å². The zero-order valence-electron chi connectivity index (χ0n) is 24.1. The van der Waals surface area contributed by atoms with Crippen LogP contribution in [0.1, 0.15) is 42.0 Å². The zero-order valence-corrected chi connectivity index (χ0v) is 24.1. The molecule has 9 heteroatoms. The van der Waals surface area contributed by atoms with Crippen LogP contribution in [0.15, 0.2) is 72.8 Å². The zero-order chi connectivity index (χ0) is 29.7. The molecule has 0 radical (unpaired) electrons. The van der Waals surface area contributed by atoms with Gasteiger partial charge in [-0.25, -0.2) is 4.79 Å². The number of nitrogens with zero attached hydrogens (tertiary/aromatic N) is 3. The summed E-state index contributed by atoms with van der Waals surface area (Å²) in [6.45, 7) is 3.63. The minimum atomic E-state index is -1.16. The van der Waals surface area contributed by atoms with E-state index in [0.717, 1.165) is 33.6 Å². The number of ether oxygens (including phenoxy) is 2. The molecule has 1 N–H and O–H groups in total. The number of para-hydroxylation sites is 1. The maximum absolute atomic E-state index is 14.3. The third kappa shape index (κ3) is 4.58. The first kappa shape index (κ1) is 27.6. The number of benzene rings is 3. The number of hydrogen-bond donors (Lipinski definition) is 1. The monoisotopic (exact) mass is 581 g/mol. The molecule has 2 saturated heterocycles. The van der Waals surface area contributed by atoms with Gasteiger partial charge in [0.15, 0.2) is 5.60 Å². The van der Waals surface area contributed by atoms with Crippen LogP contribution in [0.5, 0.6) is 0 Å². The van der Waals surface area contributed by atoms with Gasteiger partial charge in [0.25, 0.3) is 5.91 Å². The number of amides is 3. The van der Waals surface area contributed by atoms with Crippen molar-refractivity contribution >= 4 is 29.3 Å². The Bertz CT molecular complexity index is 1570. The Hall–Kier alpha value is -4.21. The molecule has 4 aliphatic heterocycles. The Morgan fingerprint density at radius 2 is 1.74 bits per heavy atom. The van der Waals surface area contributed by atoms with Gasteiger partial charge in [-0.05, 0) is 47.7 Å². The summed E-state index contributed by atoms with van der Waals surface area (Å²) < 4.78 is 11.7. The van der Waals surface area contributed by atoms with E-state index in [1.807, 2.05) is 73.7 Å². The van der Waals surface area contributed by atoms with Gasteiger partial charge in [-0.15, -0.1) is 0 Å². The van der Waals surface area contributed by atoms with Crippen LogP contribution >= 0.6 is 0 Å². The molecule has 43 heavy (non-hydrogen) atoms. The molecule has 3 aromatic rings. The fraction of sp³-hybridized carbons (Fsp3) is 0.382. The third-order valence-electron chi connectivity index (χ3n) is 9.46. The SMILES string of the molecule is C[C@@H]1C[C@H](CC(=O)N2Cc3ccccc3C[C@H]2CO)O[C@@]12C(=O)N(Cc1ccc(N3CCOC3=O)cc1)c1ccccc12. The van der Waals surface area contributed by atoms with E-state index in [9.17, 15) is 19.5 Å². The number of aliphatic hydroxyl groups is 1. The molecule has 9 nitrogen and oxygen atoms in total. The highest BCUT2D eigenvalue weighted by Crippen LogP contribution is 2.53. The van der Waals surface area contributed by atoms with Crippen LogP contribution in [0, 0.1) is 5.92 Å². The summed E-state index contributed by atoms with van der Waals surface area (Å²) in [5.74, 6) is -0.327. The minimum absolute atomic E-state index is 0.0691. The van der Waals surface area contributed by atoms with Crippen LogP contribution in [-0.4, -0.2) is 59.8 Å².